The number of halogens is 2. The van der Waals surface area contributed by atoms with Gasteiger partial charge in [-0.15, -0.1) is 0 Å². The molecule has 180 valence electrons. The maximum absolute atomic E-state index is 14.9. The molecule has 4 aromatic rings. The fraction of sp³-hybridized carbons (Fsp3) is 0.269. The van der Waals surface area contributed by atoms with Crippen LogP contribution < -0.4 is 15.3 Å². The van der Waals surface area contributed by atoms with Crippen molar-refractivity contribution in [2.75, 3.05) is 12.0 Å². The van der Waals surface area contributed by atoms with E-state index in [0.717, 1.165) is 0 Å². The minimum Gasteiger partial charge on any atom is -0.508 e. The fourth-order valence-corrected chi connectivity index (χ4v) is 4.87. The van der Waals surface area contributed by atoms with Crippen molar-refractivity contribution >= 4 is 27.5 Å². The van der Waals surface area contributed by atoms with Gasteiger partial charge in [-0.2, -0.15) is 9.97 Å². The van der Waals surface area contributed by atoms with Crippen molar-refractivity contribution in [3.8, 4) is 23.1 Å². The second kappa shape index (κ2) is 8.33. The molecule has 1 aliphatic heterocycles. The number of nitrogens with zero attached hydrogens (tertiary/aromatic N) is 3. The Balaban J connectivity index is 1.84. The average Bonchev–Trinajstić information content (AvgIpc) is 2.79. The summed E-state index contributed by atoms with van der Waals surface area (Å²) >= 11 is 0. The van der Waals surface area contributed by atoms with Crippen molar-refractivity contribution in [1.82, 2.24) is 9.97 Å². The zero-order valence-electron chi connectivity index (χ0n) is 19.4. The molecule has 1 N–H and O–H groups in total. The quantitative estimate of drug-likeness (QED) is 0.421. The number of phenols is 1. The Labute approximate surface area is 199 Å². The van der Waals surface area contributed by atoms with E-state index < -0.39 is 17.6 Å². The molecule has 0 aliphatic carbocycles. The second-order valence-electron chi connectivity index (χ2n) is 8.75. The molecule has 2 aromatic heterocycles. The van der Waals surface area contributed by atoms with Gasteiger partial charge in [-0.1, -0.05) is 18.7 Å². The highest BCUT2D eigenvalue weighted by molar-refractivity contribution is 6.01. The van der Waals surface area contributed by atoms with E-state index >= 15 is 0 Å². The molecule has 5 rings (SSSR count). The normalized spacial score (nSPS) is 18.4. The third-order valence-electron chi connectivity index (χ3n) is 6.37. The molecule has 0 spiro atoms. The van der Waals surface area contributed by atoms with Crippen molar-refractivity contribution in [2.24, 2.45) is 0 Å². The first kappa shape index (κ1) is 22.8. The van der Waals surface area contributed by atoms with Crippen LogP contribution in [0.25, 0.3) is 33.0 Å². The summed E-state index contributed by atoms with van der Waals surface area (Å²) in [6.45, 7) is 7.49. The fourth-order valence-electron chi connectivity index (χ4n) is 4.87. The molecule has 0 saturated carbocycles. The molecule has 35 heavy (non-hydrogen) atoms. The van der Waals surface area contributed by atoms with Crippen LogP contribution in [0.1, 0.15) is 25.3 Å². The van der Waals surface area contributed by atoms with Gasteiger partial charge < -0.3 is 19.2 Å². The number of rotatable bonds is 3. The first-order valence-electron chi connectivity index (χ1n) is 11.1. The van der Waals surface area contributed by atoms with E-state index in [2.05, 4.69) is 16.5 Å². The molecule has 3 heterocycles. The van der Waals surface area contributed by atoms with Gasteiger partial charge in [0.1, 0.15) is 28.9 Å². The monoisotopic (exact) mass is 479 g/mol. The summed E-state index contributed by atoms with van der Waals surface area (Å²) in [6.07, 6.45) is -0.693. The summed E-state index contributed by atoms with van der Waals surface area (Å²) in [4.78, 5) is 23.9. The van der Waals surface area contributed by atoms with E-state index in [4.69, 9.17) is 9.15 Å². The van der Waals surface area contributed by atoms with Crippen LogP contribution in [-0.2, 0) is 0 Å². The summed E-state index contributed by atoms with van der Waals surface area (Å²) in [5.74, 6) is -0.360. The number of hydrogen-bond acceptors (Lipinski definition) is 7. The summed E-state index contributed by atoms with van der Waals surface area (Å²) in [5.41, 5.74) is 0.599. The van der Waals surface area contributed by atoms with E-state index in [1.807, 2.05) is 6.92 Å². The average molecular weight is 479 g/mol. The first-order chi connectivity index (χ1) is 16.7. The Bertz CT molecular complexity index is 1570. The van der Waals surface area contributed by atoms with Gasteiger partial charge >= 0.3 is 11.6 Å². The molecule has 1 aliphatic rings. The van der Waals surface area contributed by atoms with Gasteiger partial charge in [0, 0.05) is 34.7 Å². The Morgan fingerprint density at radius 2 is 2.03 bits per heavy atom. The number of piperidine rings is 1. The van der Waals surface area contributed by atoms with E-state index in [0.29, 0.717) is 16.6 Å². The number of aryl methyl sites for hydroxylation is 1. The summed E-state index contributed by atoms with van der Waals surface area (Å²) in [7, 11) is 1.40. The number of aromatic nitrogens is 2. The van der Waals surface area contributed by atoms with Crippen LogP contribution in [0.3, 0.4) is 0 Å². The van der Waals surface area contributed by atoms with E-state index in [1.165, 1.54) is 31.4 Å². The van der Waals surface area contributed by atoms with Crippen molar-refractivity contribution in [2.45, 2.75) is 38.9 Å². The molecular weight excluding hydrogens is 456 g/mol. The number of phenolic OH excluding ortho intramolecular Hbond substituents is 1. The standard InChI is InChI=1S/C26H23F2N3O4/c1-12-8-16(27)9-13(2)31(12)24-21-22(29-26(30-24)34-4)14(3)23(35-25(21)33)18-11-17(32)10-15-6-5-7-19(28)20(15)18/h5-7,10-11,13,16,32H,1,8-9H2,2-4H3. The highest BCUT2D eigenvalue weighted by atomic mass is 19.1. The van der Waals surface area contributed by atoms with Crippen LogP contribution in [0.5, 0.6) is 11.8 Å². The third-order valence-corrected chi connectivity index (χ3v) is 6.37. The van der Waals surface area contributed by atoms with Crippen molar-refractivity contribution in [3.63, 3.8) is 0 Å². The molecule has 9 heteroatoms. The smallest absolute Gasteiger partial charge is 0.349 e. The molecule has 7 nitrogen and oxygen atoms in total. The number of allylic oxidation sites excluding steroid dienone is 1. The number of benzene rings is 2. The van der Waals surface area contributed by atoms with Crippen molar-refractivity contribution < 1.29 is 23.0 Å². The van der Waals surface area contributed by atoms with Crippen LogP contribution in [0.4, 0.5) is 14.6 Å². The Kier molecular flexibility index (Phi) is 5.42. The highest BCUT2D eigenvalue weighted by Gasteiger charge is 2.33. The lowest BCUT2D eigenvalue weighted by molar-refractivity contribution is 0.270. The second-order valence-corrected chi connectivity index (χ2v) is 8.75. The maximum Gasteiger partial charge on any atom is 0.349 e. The van der Waals surface area contributed by atoms with Gasteiger partial charge in [-0.3, -0.25) is 0 Å². The molecule has 0 amide bonds. The molecule has 0 bridgehead atoms. The highest BCUT2D eigenvalue weighted by Crippen LogP contribution is 2.40. The number of anilines is 1. The van der Waals surface area contributed by atoms with Gasteiger partial charge in [0.25, 0.3) is 0 Å². The Morgan fingerprint density at radius 1 is 1.26 bits per heavy atom. The largest absolute Gasteiger partial charge is 0.508 e. The number of alkyl halides is 1. The van der Waals surface area contributed by atoms with Crippen LogP contribution in [-0.4, -0.2) is 34.4 Å². The van der Waals surface area contributed by atoms with Gasteiger partial charge in [0.2, 0.25) is 0 Å². The molecule has 1 fully saturated rings. The molecule has 2 atom stereocenters. The summed E-state index contributed by atoms with van der Waals surface area (Å²) in [6, 6.07) is 6.93. The van der Waals surface area contributed by atoms with Gasteiger partial charge in [-0.05, 0) is 43.9 Å². The lowest BCUT2D eigenvalue weighted by atomic mass is 9.97. The van der Waals surface area contributed by atoms with Gasteiger partial charge in [0.15, 0.2) is 5.82 Å². The first-order valence-corrected chi connectivity index (χ1v) is 11.1. The number of methoxy groups -OCH3 is 1. The number of fused-ring (bicyclic) bond motifs is 2. The summed E-state index contributed by atoms with van der Waals surface area (Å²) in [5, 5.41) is 11.0. The minimum absolute atomic E-state index is 0.00136. The Hall–Kier alpha value is -4.01. The van der Waals surface area contributed by atoms with Crippen LogP contribution in [0, 0.1) is 12.7 Å². The van der Waals surface area contributed by atoms with E-state index in [9.17, 15) is 18.7 Å². The molecule has 0 radical (unpaired) electrons. The zero-order chi connectivity index (χ0) is 25.0. The van der Waals surface area contributed by atoms with Crippen LogP contribution >= 0.6 is 0 Å². The number of aromatic hydroxyl groups is 1. The third kappa shape index (κ3) is 3.67. The molecule has 1 saturated heterocycles. The van der Waals surface area contributed by atoms with Gasteiger partial charge in [0.05, 0.1) is 12.6 Å². The number of ether oxygens (including phenoxy) is 1. The molecular formula is C26H23F2N3O4. The van der Waals surface area contributed by atoms with Gasteiger partial charge in [-0.25, -0.2) is 13.6 Å². The molecule has 2 aromatic carbocycles. The zero-order valence-corrected chi connectivity index (χ0v) is 19.4. The van der Waals surface area contributed by atoms with Crippen molar-refractivity contribution in [1.29, 1.82) is 0 Å². The lowest BCUT2D eigenvalue weighted by Gasteiger charge is -2.37. The predicted octanol–water partition coefficient (Wildman–Crippen LogP) is 5.41. The minimum atomic E-state index is -1.04. The van der Waals surface area contributed by atoms with Crippen molar-refractivity contribution in [3.05, 3.63) is 64.4 Å². The van der Waals surface area contributed by atoms with E-state index in [-0.39, 0.29) is 64.1 Å². The lowest BCUT2D eigenvalue weighted by Crippen LogP contribution is -2.40. The Morgan fingerprint density at radius 3 is 2.74 bits per heavy atom. The molecule has 2 unspecified atom stereocenters. The topological polar surface area (TPSA) is 88.7 Å². The SMILES string of the molecule is C=C1CC(F)CC(C)N1c1nc(OC)nc2c(C)c(-c3cc(O)cc4cccc(F)c34)oc(=O)c12. The number of hydrogen-bond donors (Lipinski definition) is 1. The van der Waals surface area contributed by atoms with E-state index in [1.54, 1.807) is 17.9 Å². The van der Waals surface area contributed by atoms with Crippen LogP contribution in [0.15, 0.2) is 51.8 Å². The van der Waals surface area contributed by atoms with Crippen LogP contribution in [0.2, 0.25) is 0 Å². The maximum atomic E-state index is 14.9. The summed E-state index contributed by atoms with van der Waals surface area (Å²) < 4.78 is 40.0. The predicted molar refractivity (Wildman–Crippen MR) is 129 cm³/mol.